The number of aryl methyl sites for hydroxylation is 1. The Labute approximate surface area is 147 Å². The summed E-state index contributed by atoms with van der Waals surface area (Å²) in [5.41, 5.74) is 2.19. The molecule has 0 spiro atoms. The van der Waals surface area contributed by atoms with Crippen LogP contribution in [0, 0.1) is 0 Å². The number of imidazole rings is 1. The number of carbonyl (C=O) groups excluding carboxylic acids is 1. The van der Waals surface area contributed by atoms with Crippen LogP contribution >= 0.6 is 0 Å². The fourth-order valence-electron chi connectivity index (χ4n) is 2.93. The van der Waals surface area contributed by atoms with Crippen LogP contribution in [0.15, 0.2) is 59.7 Å². The maximum atomic E-state index is 11.7. The average molecular weight is 337 g/mol. The molecule has 0 saturated heterocycles. The monoisotopic (exact) mass is 337 g/mol. The average Bonchev–Trinajstić information content (AvgIpc) is 3.27. The molecule has 1 amide bonds. The van der Waals surface area contributed by atoms with E-state index in [9.17, 15) is 4.79 Å². The summed E-state index contributed by atoms with van der Waals surface area (Å²) in [6.45, 7) is 5.27. The molecule has 2 heterocycles. The number of benzene rings is 1. The summed E-state index contributed by atoms with van der Waals surface area (Å²) in [6, 6.07) is 11.6. The van der Waals surface area contributed by atoms with Crippen molar-refractivity contribution in [1.82, 2.24) is 14.9 Å². The van der Waals surface area contributed by atoms with Crippen molar-refractivity contribution >= 4 is 16.9 Å². The van der Waals surface area contributed by atoms with E-state index < -0.39 is 0 Å². The number of carbonyl (C=O) groups is 1. The van der Waals surface area contributed by atoms with Gasteiger partial charge in [0.05, 0.1) is 17.3 Å². The first kappa shape index (κ1) is 17.0. The summed E-state index contributed by atoms with van der Waals surface area (Å²) in [4.78, 5) is 16.5. The highest BCUT2D eigenvalue weighted by Crippen LogP contribution is 2.17. The number of hydrogen-bond acceptors (Lipinski definition) is 3. The van der Waals surface area contributed by atoms with E-state index in [1.54, 1.807) is 12.1 Å². The van der Waals surface area contributed by atoms with Gasteiger partial charge in [-0.15, -0.1) is 6.58 Å². The first-order chi connectivity index (χ1) is 12.3. The van der Waals surface area contributed by atoms with Crippen LogP contribution in [0.2, 0.25) is 0 Å². The zero-order valence-electron chi connectivity index (χ0n) is 14.3. The molecule has 0 aliphatic carbocycles. The number of nitrogens with one attached hydrogen (secondary N) is 1. The molecule has 1 N–H and O–H groups in total. The molecule has 0 saturated carbocycles. The molecule has 0 unspecified atom stereocenters. The van der Waals surface area contributed by atoms with Crippen LogP contribution in [0.25, 0.3) is 11.0 Å². The smallest absolute Gasteiger partial charge is 0.286 e. The molecule has 3 rings (SSSR count). The van der Waals surface area contributed by atoms with Gasteiger partial charge in [0, 0.05) is 19.5 Å². The number of amides is 1. The summed E-state index contributed by atoms with van der Waals surface area (Å²) >= 11 is 0. The lowest BCUT2D eigenvalue weighted by molar-refractivity contribution is 0.0925. The Morgan fingerprint density at radius 3 is 2.88 bits per heavy atom. The summed E-state index contributed by atoms with van der Waals surface area (Å²) in [5.74, 6) is 1.30. The zero-order valence-corrected chi connectivity index (χ0v) is 14.3. The van der Waals surface area contributed by atoms with E-state index in [-0.39, 0.29) is 5.91 Å². The number of fused-ring (bicyclic) bond motifs is 1. The van der Waals surface area contributed by atoms with Gasteiger partial charge in [-0.25, -0.2) is 4.98 Å². The van der Waals surface area contributed by atoms with Gasteiger partial charge in [0.1, 0.15) is 5.82 Å². The van der Waals surface area contributed by atoms with Crippen LogP contribution in [0.5, 0.6) is 0 Å². The molecular formula is C20H23N3O2. The lowest BCUT2D eigenvalue weighted by Gasteiger charge is -2.07. The third-order valence-electron chi connectivity index (χ3n) is 4.15. The lowest BCUT2D eigenvalue weighted by atomic mass is 10.2. The third-order valence-corrected chi connectivity index (χ3v) is 4.15. The Hall–Kier alpha value is -2.82. The SMILES string of the molecule is C=CCn1c(CCCCCNC(=O)c2ccco2)nc2ccccc21. The molecule has 0 bridgehead atoms. The predicted molar refractivity (Wildman–Crippen MR) is 98.5 cm³/mol. The van der Waals surface area contributed by atoms with Crippen molar-refractivity contribution in [3.63, 3.8) is 0 Å². The maximum Gasteiger partial charge on any atom is 0.286 e. The highest BCUT2D eigenvalue weighted by atomic mass is 16.3. The minimum absolute atomic E-state index is 0.155. The molecular weight excluding hydrogens is 314 g/mol. The largest absolute Gasteiger partial charge is 0.459 e. The van der Waals surface area contributed by atoms with Gasteiger partial charge in [-0.2, -0.15) is 0 Å². The number of nitrogens with zero attached hydrogens (tertiary/aromatic N) is 2. The van der Waals surface area contributed by atoms with E-state index in [2.05, 4.69) is 22.5 Å². The van der Waals surface area contributed by atoms with Crippen LogP contribution in [0.4, 0.5) is 0 Å². The van der Waals surface area contributed by atoms with Crippen molar-refractivity contribution in [2.45, 2.75) is 32.2 Å². The molecule has 1 aromatic carbocycles. The van der Waals surface area contributed by atoms with E-state index in [1.165, 1.54) is 6.26 Å². The van der Waals surface area contributed by atoms with Crippen molar-refractivity contribution in [2.24, 2.45) is 0 Å². The second kappa shape index (κ2) is 8.33. The normalized spacial score (nSPS) is 10.9. The van der Waals surface area contributed by atoms with E-state index in [0.717, 1.165) is 49.1 Å². The summed E-state index contributed by atoms with van der Waals surface area (Å²) in [5, 5.41) is 2.87. The molecule has 5 nitrogen and oxygen atoms in total. The summed E-state index contributed by atoms with van der Waals surface area (Å²) in [7, 11) is 0. The molecule has 0 aliphatic heterocycles. The van der Waals surface area contributed by atoms with Crippen LogP contribution in [0.3, 0.4) is 0 Å². The fourth-order valence-corrected chi connectivity index (χ4v) is 2.93. The molecule has 5 heteroatoms. The van der Waals surface area contributed by atoms with Crippen molar-refractivity contribution in [3.05, 3.63) is 66.9 Å². The van der Waals surface area contributed by atoms with E-state index in [4.69, 9.17) is 9.40 Å². The van der Waals surface area contributed by atoms with Crippen molar-refractivity contribution in [1.29, 1.82) is 0 Å². The fraction of sp³-hybridized carbons (Fsp3) is 0.300. The number of furan rings is 1. The second-order valence-electron chi connectivity index (χ2n) is 5.96. The van der Waals surface area contributed by atoms with Gasteiger partial charge in [-0.05, 0) is 37.1 Å². The van der Waals surface area contributed by atoms with E-state index >= 15 is 0 Å². The van der Waals surface area contributed by atoms with Gasteiger partial charge < -0.3 is 14.3 Å². The van der Waals surface area contributed by atoms with Gasteiger partial charge in [0.2, 0.25) is 0 Å². The highest BCUT2D eigenvalue weighted by Gasteiger charge is 2.09. The maximum absolute atomic E-state index is 11.7. The standard InChI is InChI=1S/C20H23N3O2/c1-2-14-23-17-10-6-5-9-16(17)22-19(23)12-4-3-7-13-21-20(24)18-11-8-15-25-18/h2,5-6,8-11,15H,1,3-4,7,12-14H2,(H,21,24). The molecule has 3 aromatic rings. The molecule has 0 atom stereocenters. The van der Waals surface area contributed by atoms with E-state index in [1.807, 2.05) is 24.3 Å². The lowest BCUT2D eigenvalue weighted by Crippen LogP contribution is -2.23. The third kappa shape index (κ3) is 4.18. The molecule has 0 fully saturated rings. The first-order valence-corrected chi connectivity index (χ1v) is 8.66. The molecule has 25 heavy (non-hydrogen) atoms. The Morgan fingerprint density at radius 2 is 2.08 bits per heavy atom. The number of unbranched alkanes of at least 4 members (excludes halogenated alkanes) is 2. The quantitative estimate of drug-likeness (QED) is 0.475. The Balaban J connectivity index is 1.46. The van der Waals surface area contributed by atoms with Gasteiger partial charge in [0.15, 0.2) is 5.76 Å². The Kier molecular flexibility index (Phi) is 5.67. The topological polar surface area (TPSA) is 60.1 Å². The Bertz CT molecular complexity index is 834. The van der Waals surface area contributed by atoms with Crippen molar-refractivity contribution in [2.75, 3.05) is 6.54 Å². The minimum Gasteiger partial charge on any atom is -0.459 e. The summed E-state index contributed by atoms with van der Waals surface area (Å²) < 4.78 is 7.29. The number of aromatic nitrogens is 2. The van der Waals surface area contributed by atoms with Crippen LogP contribution < -0.4 is 5.32 Å². The molecule has 0 radical (unpaired) electrons. The van der Waals surface area contributed by atoms with E-state index in [0.29, 0.717) is 12.3 Å². The van der Waals surface area contributed by atoms with Crippen LogP contribution in [-0.4, -0.2) is 22.0 Å². The number of hydrogen-bond donors (Lipinski definition) is 1. The van der Waals surface area contributed by atoms with Crippen molar-refractivity contribution < 1.29 is 9.21 Å². The van der Waals surface area contributed by atoms with Crippen LogP contribution in [-0.2, 0) is 13.0 Å². The second-order valence-corrected chi connectivity index (χ2v) is 5.96. The minimum atomic E-state index is -0.155. The summed E-state index contributed by atoms with van der Waals surface area (Å²) in [6.07, 6.45) is 7.35. The molecule has 0 aliphatic rings. The van der Waals surface area contributed by atoms with Gasteiger partial charge >= 0.3 is 0 Å². The van der Waals surface area contributed by atoms with Gasteiger partial charge in [-0.3, -0.25) is 4.79 Å². The molecule has 2 aromatic heterocycles. The van der Waals surface area contributed by atoms with Crippen LogP contribution in [0.1, 0.15) is 35.6 Å². The highest BCUT2D eigenvalue weighted by molar-refractivity contribution is 5.91. The number of allylic oxidation sites excluding steroid dienone is 1. The van der Waals surface area contributed by atoms with Gasteiger partial charge in [-0.1, -0.05) is 24.6 Å². The van der Waals surface area contributed by atoms with Crippen molar-refractivity contribution in [3.8, 4) is 0 Å². The van der Waals surface area contributed by atoms with Gasteiger partial charge in [0.25, 0.3) is 5.91 Å². The predicted octanol–water partition coefficient (Wildman–Crippen LogP) is 3.96. The number of para-hydroxylation sites is 2. The first-order valence-electron chi connectivity index (χ1n) is 8.66. The zero-order chi connectivity index (χ0) is 17.5. The molecule has 130 valence electrons. The Morgan fingerprint density at radius 1 is 1.20 bits per heavy atom. The number of rotatable bonds is 9.